The van der Waals surface area contributed by atoms with Crippen LogP contribution in [0.1, 0.15) is 64.6 Å². The van der Waals surface area contributed by atoms with Gasteiger partial charge < -0.3 is 14.8 Å². The van der Waals surface area contributed by atoms with Gasteiger partial charge in [-0.3, -0.25) is 0 Å². The molecule has 0 aliphatic heterocycles. The third kappa shape index (κ3) is 9.67. The van der Waals surface area contributed by atoms with Crippen molar-refractivity contribution < 1.29 is 9.47 Å². The highest BCUT2D eigenvalue weighted by Gasteiger charge is 2.10. The maximum Gasteiger partial charge on any atom is 0.183 e. The van der Waals surface area contributed by atoms with Crippen LogP contribution in [0.25, 0.3) is 36.0 Å². The van der Waals surface area contributed by atoms with Gasteiger partial charge in [-0.2, -0.15) is 0 Å². The van der Waals surface area contributed by atoms with E-state index in [-0.39, 0.29) is 6.29 Å². The topological polar surface area (TPSA) is 30.5 Å². The van der Waals surface area contributed by atoms with Crippen LogP contribution in [0, 0.1) is 0 Å². The molecule has 1 N–H and O–H groups in total. The van der Waals surface area contributed by atoms with Crippen LogP contribution in [0.4, 0.5) is 11.4 Å². The molecule has 0 aromatic heterocycles. The summed E-state index contributed by atoms with van der Waals surface area (Å²) in [5, 5.41) is 3.53. The van der Waals surface area contributed by atoms with Gasteiger partial charge in [0.1, 0.15) is 0 Å². The van der Waals surface area contributed by atoms with E-state index in [1.54, 1.807) is 0 Å². The fraction of sp³-hybridized carbons (Fsp3) is 0.106. The molecule has 3 nitrogen and oxygen atoms in total. The lowest BCUT2D eigenvalue weighted by atomic mass is 9.96. The van der Waals surface area contributed by atoms with Gasteiger partial charge in [-0.15, -0.1) is 0 Å². The van der Waals surface area contributed by atoms with Crippen LogP contribution in [0.15, 0.2) is 158 Å². The van der Waals surface area contributed by atoms with E-state index < -0.39 is 0 Å². The minimum Gasteiger partial charge on any atom is -0.356 e. The van der Waals surface area contributed by atoms with Crippen molar-refractivity contribution in [3.8, 4) is 0 Å². The van der Waals surface area contributed by atoms with Crippen molar-refractivity contribution in [1.29, 1.82) is 0 Å². The average Bonchev–Trinajstić information content (AvgIpc) is 3.18. The van der Waals surface area contributed by atoms with E-state index in [0.717, 1.165) is 44.8 Å². The van der Waals surface area contributed by atoms with E-state index in [2.05, 4.69) is 193 Å². The van der Waals surface area contributed by atoms with Crippen molar-refractivity contribution in [3.05, 3.63) is 202 Å². The number of hydrogen-bond acceptors (Lipinski definition) is 3. The van der Waals surface area contributed by atoms with Gasteiger partial charge in [0.25, 0.3) is 0 Å². The van der Waals surface area contributed by atoms with E-state index >= 15 is 0 Å². The monoisotopic (exact) mass is 653 g/mol. The first-order chi connectivity index (χ1) is 24.7. The summed E-state index contributed by atoms with van der Waals surface area (Å²) < 4.78 is 11.4. The Morgan fingerprint density at radius 2 is 0.820 bits per heavy atom. The van der Waals surface area contributed by atoms with Crippen LogP contribution in [0.3, 0.4) is 0 Å². The first-order valence-electron chi connectivity index (χ1n) is 17.3. The van der Waals surface area contributed by atoms with Crippen molar-refractivity contribution in [2.45, 2.75) is 20.1 Å². The lowest BCUT2D eigenvalue weighted by molar-refractivity contribution is -0.140. The first-order valence-corrected chi connectivity index (χ1v) is 17.3. The maximum atomic E-state index is 5.71. The van der Waals surface area contributed by atoms with Crippen LogP contribution in [0.2, 0.25) is 0 Å². The minimum absolute atomic E-state index is 0.315. The minimum atomic E-state index is -0.315. The van der Waals surface area contributed by atoms with Gasteiger partial charge >= 0.3 is 0 Å². The fourth-order valence-corrected chi connectivity index (χ4v) is 5.65. The molecular weight excluding hydrogens is 611 g/mol. The van der Waals surface area contributed by atoms with E-state index in [1.165, 1.54) is 16.7 Å². The Morgan fingerprint density at radius 3 is 1.22 bits per heavy atom. The summed E-state index contributed by atoms with van der Waals surface area (Å²) in [7, 11) is 0. The lowest BCUT2D eigenvalue weighted by Crippen LogP contribution is -2.08. The molecular formula is C47H43NO2. The fourth-order valence-electron chi connectivity index (χ4n) is 5.65. The standard InChI is InChI=1S/C47H43NO2/c1-3-49-47(50-4-2)43-29-23-38(24-30-43)21-19-36-15-17-37(18-16-36)20-22-39-25-31-44(32-26-39)48-45-33-27-40(28-34-45)35-46(41-11-7-5-8-12-41)42-13-9-6-10-14-42/h5-35,47-48H,3-4H2,1-2H3/b21-19+,22-20+. The normalized spacial score (nSPS) is 11.3. The van der Waals surface area contributed by atoms with Crippen LogP contribution >= 0.6 is 0 Å². The SMILES string of the molecule is CCOC(OCC)c1ccc(/C=C/c2ccc(/C=C/c3ccc(Nc4ccc(C=C(c5ccccc5)c5ccccc5)cc4)cc3)cc2)cc1. The van der Waals surface area contributed by atoms with Gasteiger partial charge in [-0.1, -0.05) is 158 Å². The summed E-state index contributed by atoms with van der Waals surface area (Å²) in [6, 6.07) is 55.1. The summed E-state index contributed by atoms with van der Waals surface area (Å²) in [4.78, 5) is 0. The van der Waals surface area contributed by atoms with Crippen LogP contribution in [-0.4, -0.2) is 13.2 Å². The maximum absolute atomic E-state index is 5.71. The summed E-state index contributed by atoms with van der Waals surface area (Å²) >= 11 is 0. The summed E-state index contributed by atoms with van der Waals surface area (Å²) in [5.41, 5.74) is 12.5. The second-order valence-corrected chi connectivity index (χ2v) is 11.9. The van der Waals surface area contributed by atoms with Gasteiger partial charge in [0, 0.05) is 30.2 Å². The van der Waals surface area contributed by atoms with Crippen molar-refractivity contribution in [1.82, 2.24) is 0 Å². The third-order valence-electron chi connectivity index (χ3n) is 8.31. The summed E-state index contributed by atoms with van der Waals surface area (Å²) in [6.07, 6.45) is 10.5. The van der Waals surface area contributed by atoms with Gasteiger partial charge in [-0.25, -0.2) is 0 Å². The number of benzene rings is 6. The van der Waals surface area contributed by atoms with Gasteiger partial charge in [0.2, 0.25) is 0 Å². The van der Waals surface area contributed by atoms with Crippen LogP contribution in [0.5, 0.6) is 0 Å². The Bertz CT molecular complexity index is 1940. The Hall–Kier alpha value is -5.74. The highest BCUT2D eigenvalue weighted by atomic mass is 16.7. The van der Waals surface area contributed by atoms with Gasteiger partial charge in [0.05, 0.1) is 0 Å². The van der Waals surface area contributed by atoms with Crippen molar-refractivity contribution in [3.63, 3.8) is 0 Å². The second kappa shape index (κ2) is 17.6. The van der Waals surface area contributed by atoms with Crippen LogP contribution < -0.4 is 5.32 Å². The molecule has 0 atom stereocenters. The Kier molecular flexibility index (Phi) is 12.0. The highest BCUT2D eigenvalue weighted by Crippen LogP contribution is 2.27. The first kappa shape index (κ1) is 34.1. The molecule has 50 heavy (non-hydrogen) atoms. The van der Waals surface area contributed by atoms with E-state index in [4.69, 9.17) is 9.47 Å². The zero-order valence-corrected chi connectivity index (χ0v) is 28.7. The van der Waals surface area contributed by atoms with Gasteiger partial charge in [0.15, 0.2) is 6.29 Å². The average molecular weight is 654 g/mol. The molecule has 0 aliphatic rings. The number of anilines is 2. The zero-order chi connectivity index (χ0) is 34.4. The number of rotatable bonds is 14. The smallest absolute Gasteiger partial charge is 0.183 e. The number of nitrogens with one attached hydrogen (secondary N) is 1. The molecule has 3 heteroatoms. The second-order valence-electron chi connectivity index (χ2n) is 11.9. The predicted octanol–water partition coefficient (Wildman–Crippen LogP) is 12.4. The number of hydrogen-bond donors (Lipinski definition) is 1. The van der Waals surface area contributed by atoms with E-state index in [0.29, 0.717) is 13.2 Å². The molecule has 0 unspecified atom stereocenters. The Morgan fingerprint density at radius 1 is 0.460 bits per heavy atom. The molecule has 0 saturated carbocycles. The quantitative estimate of drug-likeness (QED) is 0.0937. The van der Waals surface area contributed by atoms with Crippen LogP contribution in [-0.2, 0) is 9.47 Å². The van der Waals surface area contributed by atoms with Crippen molar-refractivity contribution in [2.24, 2.45) is 0 Å². The summed E-state index contributed by atoms with van der Waals surface area (Å²) in [5.74, 6) is 0. The summed E-state index contributed by atoms with van der Waals surface area (Å²) in [6.45, 7) is 5.19. The Labute approximate surface area is 296 Å². The molecule has 248 valence electrons. The van der Waals surface area contributed by atoms with E-state index in [1.807, 2.05) is 13.8 Å². The van der Waals surface area contributed by atoms with Crippen molar-refractivity contribution >= 4 is 47.3 Å². The third-order valence-corrected chi connectivity index (χ3v) is 8.31. The lowest BCUT2D eigenvalue weighted by Gasteiger charge is -2.17. The molecule has 0 aliphatic carbocycles. The van der Waals surface area contributed by atoms with Gasteiger partial charge in [-0.05, 0) is 88.7 Å². The molecule has 6 aromatic rings. The largest absolute Gasteiger partial charge is 0.356 e. The molecule has 0 fully saturated rings. The molecule has 0 heterocycles. The predicted molar refractivity (Wildman–Crippen MR) is 213 cm³/mol. The Balaban J connectivity index is 1.03. The molecule has 0 radical (unpaired) electrons. The number of ether oxygens (including phenoxy) is 2. The molecule has 0 saturated heterocycles. The van der Waals surface area contributed by atoms with E-state index in [9.17, 15) is 0 Å². The molecule has 0 bridgehead atoms. The molecule has 0 spiro atoms. The molecule has 0 amide bonds. The zero-order valence-electron chi connectivity index (χ0n) is 28.7. The molecule has 6 aromatic carbocycles. The highest BCUT2D eigenvalue weighted by molar-refractivity contribution is 5.91. The van der Waals surface area contributed by atoms with Crippen molar-refractivity contribution in [2.75, 3.05) is 18.5 Å². The molecule has 6 rings (SSSR count).